The van der Waals surface area contributed by atoms with Crippen LogP contribution in [-0.4, -0.2) is 35.2 Å². The minimum absolute atomic E-state index is 0.121. The third kappa shape index (κ3) is 4.76. The SMILES string of the molecule is O=C(Nc1ccc(F)cc1)NC1CCN(Cc2cc(-c3cccs3)on2)CC1. The smallest absolute Gasteiger partial charge is 0.319 e. The zero-order chi connectivity index (χ0) is 19.3. The van der Waals surface area contributed by atoms with Crippen LogP contribution < -0.4 is 10.6 Å². The van der Waals surface area contributed by atoms with Gasteiger partial charge in [0.25, 0.3) is 0 Å². The maximum absolute atomic E-state index is 12.9. The Morgan fingerprint density at radius 2 is 2.04 bits per heavy atom. The number of halogens is 1. The van der Waals surface area contributed by atoms with Crippen LogP contribution in [0.4, 0.5) is 14.9 Å². The summed E-state index contributed by atoms with van der Waals surface area (Å²) >= 11 is 1.63. The number of piperidine rings is 1. The van der Waals surface area contributed by atoms with Gasteiger partial charge in [-0.2, -0.15) is 0 Å². The van der Waals surface area contributed by atoms with Crippen molar-refractivity contribution in [3.8, 4) is 10.6 Å². The summed E-state index contributed by atoms with van der Waals surface area (Å²) in [5, 5.41) is 11.9. The largest absolute Gasteiger partial charge is 0.355 e. The molecule has 0 aliphatic carbocycles. The number of nitrogens with one attached hydrogen (secondary N) is 2. The molecule has 6 nitrogen and oxygen atoms in total. The lowest BCUT2D eigenvalue weighted by atomic mass is 10.1. The Morgan fingerprint density at radius 1 is 1.25 bits per heavy atom. The van der Waals surface area contributed by atoms with Gasteiger partial charge in [0.15, 0.2) is 5.76 Å². The highest BCUT2D eigenvalue weighted by molar-refractivity contribution is 7.13. The average Bonchev–Trinajstić information content (AvgIpc) is 3.37. The molecule has 1 aliphatic rings. The van der Waals surface area contributed by atoms with Crippen molar-refractivity contribution < 1.29 is 13.7 Å². The van der Waals surface area contributed by atoms with E-state index >= 15 is 0 Å². The molecule has 28 heavy (non-hydrogen) atoms. The van der Waals surface area contributed by atoms with Crippen molar-refractivity contribution in [3.63, 3.8) is 0 Å². The van der Waals surface area contributed by atoms with Gasteiger partial charge in [0.05, 0.1) is 10.6 Å². The van der Waals surface area contributed by atoms with E-state index in [-0.39, 0.29) is 17.9 Å². The van der Waals surface area contributed by atoms with Crippen molar-refractivity contribution in [2.45, 2.75) is 25.4 Å². The van der Waals surface area contributed by atoms with Crippen molar-refractivity contribution in [1.82, 2.24) is 15.4 Å². The highest BCUT2D eigenvalue weighted by Crippen LogP contribution is 2.26. The summed E-state index contributed by atoms with van der Waals surface area (Å²) in [6.45, 7) is 2.49. The number of carbonyl (C=O) groups is 1. The van der Waals surface area contributed by atoms with Crippen molar-refractivity contribution in [2.75, 3.05) is 18.4 Å². The molecule has 0 bridgehead atoms. The lowest BCUT2D eigenvalue weighted by molar-refractivity contribution is 0.186. The fourth-order valence-corrected chi connectivity index (χ4v) is 3.94. The number of nitrogens with zero attached hydrogens (tertiary/aromatic N) is 2. The van der Waals surface area contributed by atoms with E-state index in [1.54, 1.807) is 23.5 Å². The van der Waals surface area contributed by atoms with Crippen molar-refractivity contribution >= 4 is 23.1 Å². The highest BCUT2D eigenvalue weighted by Gasteiger charge is 2.22. The number of rotatable bonds is 5. The number of amides is 2. The molecule has 1 aliphatic heterocycles. The first-order chi connectivity index (χ1) is 13.7. The molecular weight excluding hydrogens is 379 g/mol. The molecule has 8 heteroatoms. The third-order valence-corrected chi connectivity index (χ3v) is 5.62. The summed E-state index contributed by atoms with van der Waals surface area (Å²) in [4.78, 5) is 15.5. The van der Waals surface area contributed by atoms with Gasteiger partial charge in [0, 0.05) is 37.4 Å². The summed E-state index contributed by atoms with van der Waals surface area (Å²) in [6.07, 6.45) is 1.74. The molecule has 146 valence electrons. The molecule has 1 saturated heterocycles. The molecule has 0 atom stereocenters. The quantitative estimate of drug-likeness (QED) is 0.669. The van der Waals surface area contributed by atoms with Crippen LogP contribution in [-0.2, 0) is 6.54 Å². The van der Waals surface area contributed by atoms with Gasteiger partial charge in [-0.1, -0.05) is 11.2 Å². The van der Waals surface area contributed by atoms with Crippen LogP contribution >= 0.6 is 11.3 Å². The topological polar surface area (TPSA) is 70.4 Å². The summed E-state index contributed by atoms with van der Waals surface area (Å²) < 4.78 is 18.4. The van der Waals surface area contributed by atoms with Gasteiger partial charge in [-0.05, 0) is 48.6 Å². The molecule has 0 unspecified atom stereocenters. The minimum atomic E-state index is -0.326. The number of benzene rings is 1. The fourth-order valence-electron chi connectivity index (χ4n) is 3.27. The summed E-state index contributed by atoms with van der Waals surface area (Å²) in [5.74, 6) is 0.479. The molecule has 2 amide bonds. The number of thiophene rings is 1. The monoisotopic (exact) mass is 400 g/mol. The summed E-state index contributed by atoms with van der Waals surface area (Å²) in [6, 6.07) is 11.6. The molecule has 2 N–H and O–H groups in total. The Balaban J connectivity index is 1.22. The fraction of sp³-hybridized carbons (Fsp3) is 0.300. The Morgan fingerprint density at radius 3 is 2.75 bits per heavy atom. The lowest BCUT2D eigenvalue weighted by Crippen LogP contribution is -2.45. The Kier molecular flexibility index (Phi) is 5.68. The molecule has 1 fully saturated rings. The molecule has 0 saturated carbocycles. The Bertz CT molecular complexity index is 903. The van der Waals surface area contributed by atoms with Gasteiger partial charge < -0.3 is 15.2 Å². The molecule has 1 aromatic carbocycles. The van der Waals surface area contributed by atoms with Gasteiger partial charge >= 0.3 is 6.03 Å². The Labute approximate surface area is 166 Å². The van der Waals surface area contributed by atoms with Crippen LogP contribution in [0, 0.1) is 5.82 Å². The maximum atomic E-state index is 12.9. The van der Waals surface area contributed by atoms with Crippen molar-refractivity contribution in [3.05, 3.63) is 59.4 Å². The van der Waals surface area contributed by atoms with Gasteiger partial charge in [-0.25, -0.2) is 9.18 Å². The molecule has 4 rings (SSSR count). The molecule has 0 radical (unpaired) electrons. The molecule has 3 aromatic rings. The van der Waals surface area contributed by atoms with E-state index in [1.807, 2.05) is 23.6 Å². The number of urea groups is 1. The number of aromatic nitrogens is 1. The van der Waals surface area contributed by atoms with Gasteiger partial charge in [0.2, 0.25) is 0 Å². The molecule has 3 heterocycles. The highest BCUT2D eigenvalue weighted by atomic mass is 32.1. The maximum Gasteiger partial charge on any atom is 0.319 e. The zero-order valence-electron chi connectivity index (χ0n) is 15.2. The van der Waals surface area contributed by atoms with Gasteiger partial charge in [-0.3, -0.25) is 4.90 Å². The molecule has 0 spiro atoms. The first-order valence-corrected chi connectivity index (χ1v) is 10.1. The predicted molar refractivity (Wildman–Crippen MR) is 107 cm³/mol. The zero-order valence-corrected chi connectivity index (χ0v) is 16.0. The van der Waals surface area contributed by atoms with E-state index in [9.17, 15) is 9.18 Å². The van der Waals surface area contributed by atoms with E-state index < -0.39 is 0 Å². The van der Waals surface area contributed by atoms with Crippen LogP contribution in [0.15, 0.2) is 52.4 Å². The summed E-state index contributed by atoms with van der Waals surface area (Å²) in [7, 11) is 0. The van der Waals surface area contributed by atoms with E-state index in [2.05, 4.69) is 20.7 Å². The van der Waals surface area contributed by atoms with Crippen LogP contribution in [0.2, 0.25) is 0 Å². The Hall–Kier alpha value is -2.71. The van der Waals surface area contributed by atoms with E-state index in [0.717, 1.165) is 48.8 Å². The van der Waals surface area contributed by atoms with Gasteiger partial charge in [0.1, 0.15) is 5.82 Å². The summed E-state index contributed by atoms with van der Waals surface area (Å²) in [5.41, 5.74) is 1.49. The van der Waals surface area contributed by atoms with Crippen LogP contribution in [0.1, 0.15) is 18.5 Å². The number of hydrogen-bond donors (Lipinski definition) is 2. The third-order valence-electron chi connectivity index (χ3n) is 4.73. The first-order valence-electron chi connectivity index (χ1n) is 9.20. The number of hydrogen-bond acceptors (Lipinski definition) is 5. The van der Waals surface area contributed by atoms with Crippen molar-refractivity contribution in [1.29, 1.82) is 0 Å². The second-order valence-electron chi connectivity index (χ2n) is 6.82. The number of anilines is 1. The standard InChI is InChI=1S/C20H21FN4O2S/c21-14-3-5-15(6-4-14)22-20(26)23-16-7-9-25(10-8-16)13-17-12-18(27-24-17)19-2-1-11-28-19/h1-6,11-12,16H,7-10,13H2,(H2,22,23,26). The molecule has 2 aromatic heterocycles. The number of carbonyl (C=O) groups excluding carboxylic acids is 1. The minimum Gasteiger partial charge on any atom is -0.355 e. The van der Waals surface area contributed by atoms with Crippen LogP contribution in [0.5, 0.6) is 0 Å². The number of likely N-dealkylation sites (tertiary alicyclic amines) is 1. The van der Waals surface area contributed by atoms with Crippen molar-refractivity contribution in [2.24, 2.45) is 0 Å². The van der Waals surface area contributed by atoms with E-state index in [0.29, 0.717) is 5.69 Å². The lowest BCUT2D eigenvalue weighted by Gasteiger charge is -2.31. The molecular formula is C20H21FN4O2S. The predicted octanol–water partition coefficient (Wildman–Crippen LogP) is 4.33. The normalized spacial score (nSPS) is 15.5. The van der Waals surface area contributed by atoms with Crippen LogP contribution in [0.3, 0.4) is 0 Å². The second kappa shape index (κ2) is 8.53. The van der Waals surface area contributed by atoms with Crippen LogP contribution in [0.25, 0.3) is 10.6 Å². The van der Waals surface area contributed by atoms with E-state index in [4.69, 9.17) is 4.52 Å². The van der Waals surface area contributed by atoms with Gasteiger partial charge in [-0.15, -0.1) is 11.3 Å². The second-order valence-corrected chi connectivity index (χ2v) is 7.76. The first kappa shape index (κ1) is 18.6. The average molecular weight is 400 g/mol. The van der Waals surface area contributed by atoms with E-state index in [1.165, 1.54) is 12.1 Å².